The third kappa shape index (κ3) is 2.22. The van der Waals surface area contributed by atoms with E-state index in [1.54, 1.807) is 17.5 Å². The van der Waals surface area contributed by atoms with E-state index in [0.717, 1.165) is 16.5 Å². The summed E-state index contributed by atoms with van der Waals surface area (Å²) in [6.45, 7) is 4.14. The van der Waals surface area contributed by atoms with E-state index < -0.39 is 0 Å². The van der Waals surface area contributed by atoms with E-state index in [9.17, 15) is 0 Å². The predicted octanol–water partition coefficient (Wildman–Crippen LogP) is 2.79. The van der Waals surface area contributed by atoms with Gasteiger partial charge in [0.15, 0.2) is 10.8 Å². The molecule has 1 N–H and O–H groups in total. The first-order valence-corrected chi connectivity index (χ1v) is 6.56. The Morgan fingerprint density at radius 1 is 1.53 bits per heavy atom. The van der Waals surface area contributed by atoms with Gasteiger partial charge >= 0.3 is 0 Å². The number of aromatic nitrogens is 3. The van der Waals surface area contributed by atoms with Crippen LogP contribution in [0.1, 0.15) is 23.5 Å². The zero-order valence-electron chi connectivity index (χ0n) is 10.3. The first kappa shape index (κ1) is 12.5. The van der Waals surface area contributed by atoms with Crippen molar-refractivity contribution in [2.75, 3.05) is 7.05 Å². The van der Waals surface area contributed by atoms with Crippen LogP contribution in [-0.4, -0.2) is 21.6 Å². The Kier molecular flexibility index (Phi) is 3.51. The zero-order valence-corrected chi connectivity index (χ0v) is 11.9. The molecule has 4 nitrogen and oxygen atoms in total. The van der Waals surface area contributed by atoms with Crippen LogP contribution in [0.25, 0.3) is 10.8 Å². The fraction of sp³-hybridized carbons (Fsp3) is 0.455. The highest BCUT2D eigenvalue weighted by atomic mass is 35.5. The second-order valence-electron chi connectivity index (χ2n) is 3.94. The summed E-state index contributed by atoms with van der Waals surface area (Å²) >= 11 is 7.64. The Balaban J connectivity index is 2.44. The van der Waals surface area contributed by atoms with Crippen molar-refractivity contribution in [3.05, 3.63) is 21.9 Å². The van der Waals surface area contributed by atoms with Crippen LogP contribution in [0.5, 0.6) is 0 Å². The van der Waals surface area contributed by atoms with Gasteiger partial charge in [-0.15, -0.1) is 11.3 Å². The van der Waals surface area contributed by atoms with Crippen LogP contribution in [0.3, 0.4) is 0 Å². The van der Waals surface area contributed by atoms with Crippen LogP contribution in [0.2, 0.25) is 5.15 Å². The number of rotatable bonds is 3. The van der Waals surface area contributed by atoms with Crippen LogP contribution < -0.4 is 5.32 Å². The molecule has 2 aromatic heterocycles. The fourth-order valence-electron chi connectivity index (χ4n) is 1.62. The number of thiazole rings is 1. The lowest BCUT2D eigenvalue weighted by Gasteiger charge is -2.06. The van der Waals surface area contributed by atoms with Gasteiger partial charge in [0.1, 0.15) is 5.15 Å². The summed E-state index contributed by atoms with van der Waals surface area (Å²) in [5.41, 5.74) is 1.05. The molecule has 2 rings (SSSR count). The van der Waals surface area contributed by atoms with E-state index in [1.807, 2.05) is 25.6 Å². The number of aryl methyl sites for hydroxylation is 1. The molecule has 0 aliphatic rings. The Labute approximate surface area is 110 Å². The van der Waals surface area contributed by atoms with E-state index in [-0.39, 0.29) is 0 Å². The second-order valence-corrected chi connectivity index (χ2v) is 5.36. The standard InChI is InChI=1S/C11H15ClN4S/c1-6(13-3)9-7(2)15-11(17-9)10-14-5-8(12)16(10)4/h5-6,13H,1-4H3. The van der Waals surface area contributed by atoms with Gasteiger partial charge in [0.05, 0.1) is 11.9 Å². The van der Waals surface area contributed by atoms with Crippen molar-refractivity contribution in [3.8, 4) is 10.8 Å². The molecule has 17 heavy (non-hydrogen) atoms. The maximum atomic E-state index is 5.98. The zero-order chi connectivity index (χ0) is 12.6. The van der Waals surface area contributed by atoms with Crippen molar-refractivity contribution in [2.24, 2.45) is 7.05 Å². The molecule has 0 amide bonds. The molecule has 1 atom stereocenters. The molecule has 0 aromatic carbocycles. The van der Waals surface area contributed by atoms with Gasteiger partial charge in [0.2, 0.25) is 0 Å². The SMILES string of the molecule is CNC(C)c1sc(-c2ncc(Cl)n2C)nc1C. The Hall–Kier alpha value is -0.910. The molecule has 2 heterocycles. The van der Waals surface area contributed by atoms with Crippen LogP contribution in [0.4, 0.5) is 0 Å². The summed E-state index contributed by atoms with van der Waals surface area (Å²) in [6.07, 6.45) is 1.65. The van der Waals surface area contributed by atoms with E-state index in [4.69, 9.17) is 11.6 Å². The largest absolute Gasteiger partial charge is 0.316 e. The fourth-order valence-corrected chi connectivity index (χ4v) is 2.91. The van der Waals surface area contributed by atoms with E-state index in [2.05, 4.69) is 22.2 Å². The highest BCUT2D eigenvalue weighted by Crippen LogP contribution is 2.31. The van der Waals surface area contributed by atoms with Crippen molar-refractivity contribution >= 4 is 22.9 Å². The predicted molar refractivity (Wildman–Crippen MR) is 71.5 cm³/mol. The lowest BCUT2D eigenvalue weighted by Crippen LogP contribution is -2.11. The Bertz CT molecular complexity index is 532. The van der Waals surface area contributed by atoms with E-state index in [1.165, 1.54) is 4.88 Å². The maximum absolute atomic E-state index is 5.98. The van der Waals surface area contributed by atoms with E-state index >= 15 is 0 Å². The molecule has 0 fully saturated rings. The summed E-state index contributed by atoms with van der Waals surface area (Å²) < 4.78 is 1.84. The maximum Gasteiger partial charge on any atom is 0.170 e. The van der Waals surface area contributed by atoms with E-state index in [0.29, 0.717) is 11.2 Å². The minimum atomic E-state index is 0.303. The monoisotopic (exact) mass is 270 g/mol. The number of halogens is 1. The molecule has 0 aliphatic heterocycles. The lowest BCUT2D eigenvalue weighted by molar-refractivity contribution is 0.658. The third-order valence-electron chi connectivity index (χ3n) is 2.78. The smallest absolute Gasteiger partial charge is 0.170 e. The molecule has 6 heteroatoms. The summed E-state index contributed by atoms with van der Waals surface area (Å²) in [5.74, 6) is 0.817. The Morgan fingerprint density at radius 3 is 2.76 bits per heavy atom. The molecule has 0 saturated heterocycles. The van der Waals surface area contributed by atoms with Crippen LogP contribution in [-0.2, 0) is 7.05 Å². The molecule has 92 valence electrons. The van der Waals surface area contributed by atoms with Gasteiger partial charge in [-0.3, -0.25) is 0 Å². The number of nitrogens with one attached hydrogen (secondary N) is 1. The first-order chi connectivity index (χ1) is 8.04. The number of nitrogens with zero attached hydrogens (tertiary/aromatic N) is 3. The van der Waals surface area contributed by atoms with Crippen LogP contribution in [0, 0.1) is 6.92 Å². The van der Waals surface area contributed by atoms with Crippen LogP contribution >= 0.6 is 22.9 Å². The van der Waals surface area contributed by atoms with Gasteiger partial charge in [-0.25, -0.2) is 9.97 Å². The van der Waals surface area contributed by atoms with Gasteiger partial charge in [0.25, 0.3) is 0 Å². The first-order valence-electron chi connectivity index (χ1n) is 5.36. The van der Waals surface area contributed by atoms with Gasteiger partial charge in [-0.05, 0) is 20.9 Å². The van der Waals surface area contributed by atoms with Gasteiger partial charge < -0.3 is 9.88 Å². The molecule has 0 bridgehead atoms. The minimum absolute atomic E-state index is 0.303. The average molecular weight is 271 g/mol. The highest BCUT2D eigenvalue weighted by molar-refractivity contribution is 7.15. The van der Waals surface area contributed by atoms with Crippen molar-refractivity contribution in [1.29, 1.82) is 0 Å². The molecule has 0 aliphatic carbocycles. The topological polar surface area (TPSA) is 42.7 Å². The summed E-state index contributed by atoms with van der Waals surface area (Å²) in [6, 6.07) is 0.303. The average Bonchev–Trinajstić information content (AvgIpc) is 2.83. The van der Waals surface area contributed by atoms with Crippen molar-refractivity contribution < 1.29 is 0 Å². The van der Waals surface area contributed by atoms with Crippen LogP contribution in [0.15, 0.2) is 6.20 Å². The molecular formula is C11H15ClN4S. The quantitative estimate of drug-likeness (QED) is 0.933. The summed E-state index contributed by atoms with van der Waals surface area (Å²) in [5, 5.41) is 4.76. The molecule has 2 aromatic rings. The van der Waals surface area contributed by atoms with Crippen molar-refractivity contribution in [1.82, 2.24) is 19.9 Å². The van der Waals surface area contributed by atoms with Crippen molar-refractivity contribution in [3.63, 3.8) is 0 Å². The van der Waals surface area contributed by atoms with Gasteiger partial charge in [-0.1, -0.05) is 11.6 Å². The molecule has 1 unspecified atom stereocenters. The second kappa shape index (κ2) is 4.76. The number of imidazole rings is 1. The van der Waals surface area contributed by atoms with Gasteiger partial charge in [-0.2, -0.15) is 0 Å². The molecule has 0 saturated carbocycles. The molecular weight excluding hydrogens is 256 g/mol. The normalized spacial score (nSPS) is 13.0. The molecule has 0 radical (unpaired) electrons. The number of hydrogen-bond acceptors (Lipinski definition) is 4. The van der Waals surface area contributed by atoms with Crippen molar-refractivity contribution in [2.45, 2.75) is 19.9 Å². The summed E-state index contributed by atoms with van der Waals surface area (Å²) in [7, 11) is 3.84. The summed E-state index contributed by atoms with van der Waals surface area (Å²) in [4.78, 5) is 10.1. The highest BCUT2D eigenvalue weighted by Gasteiger charge is 2.17. The lowest BCUT2D eigenvalue weighted by atomic mass is 10.2. The minimum Gasteiger partial charge on any atom is -0.316 e. The molecule has 0 spiro atoms. The third-order valence-corrected chi connectivity index (χ3v) is 4.47. The Morgan fingerprint density at radius 2 is 2.24 bits per heavy atom. The number of hydrogen-bond donors (Lipinski definition) is 1. The van der Waals surface area contributed by atoms with Gasteiger partial charge in [0, 0.05) is 18.0 Å².